The smallest absolute Gasteiger partial charge is 0.184 e. The Hall–Kier alpha value is -5.22. The molecule has 0 unspecified atom stereocenters. The fraction of sp³-hybridized carbons (Fsp3) is 0. The summed E-state index contributed by atoms with van der Waals surface area (Å²) in [6, 6.07) is 65.2. The van der Waals surface area contributed by atoms with E-state index in [4.69, 9.17) is 0 Å². The van der Waals surface area contributed by atoms with E-state index in [-0.39, 0.29) is 0 Å². The molecule has 1 aromatic heterocycles. The molecule has 0 radical (unpaired) electrons. The minimum absolute atomic E-state index is 1.17. The summed E-state index contributed by atoms with van der Waals surface area (Å²) >= 11 is 1.89. The monoisotopic (exact) mass is 607 g/mol. The maximum atomic E-state index is 2.48. The van der Waals surface area contributed by atoms with E-state index in [1.165, 1.54) is 69.1 Å². The van der Waals surface area contributed by atoms with Gasteiger partial charge in [-0.3, -0.25) is 0 Å². The molecule has 0 saturated carbocycles. The van der Waals surface area contributed by atoms with Crippen LogP contribution in [0.5, 0.6) is 0 Å². The Morgan fingerprint density at radius 2 is 0.956 bits per heavy atom. The van der Waals surface area contributed by atoms with Gasteiger partial charge < -0.3 is 4.90 Å². The van der Waals surface area contributed by atoms with Crippen LogP contribution in [0.3, 0.4) is 0 Å². The summed E-state index contributed by atoms with van der Waals surface area (Å²) in [4.78, 5) is 2.48. The number of fused-ring (bicyclic) bond motifs is 5. The van der Waals surface area contributed by atoms with Crippen molar-refractivity contribution in [2.45, 2.75) is 0 Å². The second kappa shape index (κ2) is 10.4. The van der Waals surface area contributed by atoms with Gasteiger partial charge >= 0.3 is 0 Å². The first-order valence-electron chi connectivity index (χ1n) is 15.4. The predicted molar refractivity (Wildman–Crippen MR) is 197 cm³/mol. The number of nitrogens with zero attached hydrogens (tertiary/aromatic N) is 1. The molecule has 212 valence electrons. The van der Waals surface area contributed by atoms with Gasteiger partial charge in [0.15, 0.2) is 8.07 Å². The third-order valence-electron chi connectivity index (χ3n) is 9.35. The quantitative estimate of drug-likeness (QED) is 0.181. The van der Waals surface area contributed by atoms with Crippen molar-refractivity contribution in [2.24, 2.45) is 0 Å². The molecular formula is C42H29NSSi. The molecule has 7 aromatic carbocycles. The molecular weight excluding hydrogens is 579 g/mol. The predicted octanol–water partition coefficient (Wildman–Crippen LogP) is 8.88. The zero-order chi connectivity index (χ0) is 29.8. The molecule has 8 aromatic rings. The van der Waals surface area contributed by atoms with Gasteiger partial charge in [-0.1, -0.05) is 146 Å². The standard InChI is InChI=1S/C42H29NSSi/c1-3-14-32(15-4-1)45(33-16-5-2-6-17-33)40-24-11-8-21-37(40)43(38-22-9-12-25-41(38)45)31-28-26-30(27-29-31)34-19-13-20-36-35-18-7-10-23-39(35)44-42(34)36/h1-29H. The first kappa shape index (κ1) is 26.2. The highest BCUT2D eigenvalue weighted by Crippen LogP contribution is 2.42. The zero-order valence-electron chi connectivity index (χ0n) is 24.6. The highest BCUT2D eigenvalue weighted by molar-refractivity contribution is 7.26. The van der Waals surface area contributed by atoms with Gasteiger partial charge in [0.25, 0.3) is 0 Å². The molecule has 1 nitrogen and oxygen atoms in total. The first-order chi connectivity index (χ1) is 22.3. The minimum Gasteiger partial charge on any atom is -0.311 e. The highest BCUT2D eigenvalue weighted by Gasteiger charge is 2.48. The van der Waals surface area contributed by atoms with Gasteiger partial charge in [0, 0.05) is 37.2 Å². The van der Waals surface area contributed by atoms with Crippen LogP contribution in [0.4, 0.5) is 17.1 Å². The summed E-state index contributed by atoms with van der Waals surface area (Å²) < 4.78 is 2.68. The number of hydrogen-bond acceptors (Lipinski definition) is 2. The number of para-hydroxylation sites is 2. The maximum absolute atomic E-state index is 2.60. The van der Waals surface area contributed by atoms with Gasteiger partial charge in [0.05, 0.1) is 0 Å². The minimum atomic E-state index is -2.60. The number of thiophene rings is 1. The van der Waals surface area contributed by atoms with Crippen LogP contribution in [-0.4, -0.2) is 8.07 Å². The van der Waals surface area contributed by atoms with E-state index < -0.39 is 8.07 Å². The third-order valence-corrected chi connectivity index (χ3v) is 15.4. The van der Waals surface area contributed by atoms with Crippen molar-refractivity contribution in [3.05, 3.63) is 176 Å². The van der Waals surface area contributed by atoms with Crippen LogP contribution in [0.15, 0.2) is 176 Å². The van der Waals surface area contributed by atoms with Crippen molar-refractivity contribution >= 4 is 77.4 Å². The number of benzene rings is 7. The molecule has 0 fully saturated rings. The summed E-state index contributed by atoms with van der Waals surface area (Å²) in [7, 11) is -2.60. The molecule has 0 saturated heterocycles. The summed E-state index contributed by atoms with van der Waals surface area (Å²) in [5, 5.41) is 8.31. The van der Waals surface area contributed by atoms with Gasteiger partial charge in [-0.15, -0.1) is 11.3 Å². The Morgan fingerprint density at radius 3 is 1.60 bits per heavy atom. The number of anilines is 3. The molecule has 1 aliphatic rings. The average Bonchev–Trinajstić information content (AvgIpc) is 3.51. The Bertz CT molecular complexity index is 2230. The second-order valence-corrected chi connectivity index (χ2v) is 16.5. The molecule has 9 rings (SSSR count). The Labute approximate surface area is 268 Å². The topological polar surface area (TPSA) is 3.24 Å². The van der Waals surface area contributed by atoms with E-state index in [9.17, 15) is 0 Å². The van der Waals surface area contributed by atoms with Crippen LogP contribution in [-0.2, 0) is 0 Å². The van der Waals surface area contributed by atoms with Gasteiger partial charge in [0.1, 0.15) is 0 Å². The van der Waals surface area contributed by atoms with E-state index in [0.29, 0.717) is 0 Å². The molecule has 45 heavy (non-hydrogen) atoms. The first-order valence-corrected chi connectivity index (χ1v) is 18.3. The van der Waals surface area contributed by atoms with E-state index in [1.807, 2.05) is 11.3 Å². The Morgan fingerprint density at radius 1 is 0.422 bits per heavy atom. The fourth-order valence-electron chi connectivity index (χ4n) is 7.45. The van der Waals surface area contributed by atoms with E-state index in [0.717, 1.165) is 0 Å². The van der Waals surface area contributed by atoms with Crippen LogP contribution in [0, 0.1) is 0 Å². The Kier molecular flexibility index (Phi) is 6.08. The van der Waals surface area contributed by atoms with Crippen molar-refractivity contribution in [1.82, 2.24) is 0 Å². The lowest BCUT2D eigenvalue weighted by Crippen LogP contribution is -2.77. The molecule has 0 spiro atoms. The van der Waals surface area contributed by atoms with Gasteiger partial charge in [-0.05, 0) is 62.2 Å². The zero-order valence-corrected chi connectivity index (χ0v) is 26.4. The molecule has 0 bridgehead atoms. The molecule has 0 aliphatic carbocycles. The third kappa shape index (κ3) is 3.91. The Balaban J connectivity index is 1.24. The van der Waals surface area contributed by atoms with Crippen LogP contribution in [0.2, 0.25) is 0 Å². The van der Waals surface area contributed by atoms with Gasteiger partial charge in [-0.25, -0.2) is 0 Å². The fourth-order valence-corrected chi connectivity index (χ4v) is 13.8. The largest absolute Gasteiger partial charge is 0.311 e. The van der Waals surface area contributed by atoms with Crippen molar-refractivity contribution in [3.63, 3.8) is 0 Å². The second-order valence-electron chi connectivity index (χ2n) is 11.7. The van der Waals surface area contributed by atoms with Crippen molar-refractivity contribution in [2.75, 3.05) is 4.90 Å². The van der Waals surface area contributed by atoms with Gasteiger partial charge in [0.2, 0.25) is 0 Å². The van der Waals surface area contributed by atoms with E-state index in [2.05, 4.69) is 181 Å². The van der Waals surface area contributed by atoms with Crippen LogP contribution in [0.1, 0.15) is 0 Å². The summed E-state index contributed by atoms with van der Waals surface area (Å²) in [5.41, 5.74) is 6.22. The van der Waals surface area contributed by atoms with E-state index >= 15 is 0 Å². The van der Waals surface area contributed by atoms with Crippen LogP contribution in [0.25, 0.3) is 31.3 Å². The van der Waals surface area contributed by atoms with E-state index in [1.54, 1.807) is 0 Å². The molecule has 0 atom stereocenters. The molecule has 1 aliphatic heterocycles. The van der Waals surface area contributed by atoms with Gasteiger partial charge in [-0.2, -0.15) is 0 Å². The van der Waals surface area contributed by atoms with Crippen LogP contribution >= 0.6 is 11.3 Å². The highest BCUT2D eigenvalue weighted by atomic mass is 32.1. The molecule has 0 amide bonds. The molecule has 2 heterocycles. The lowest BCUT2D eigenvalue weighted by atomic mass is 10.0. The van der Waals surface area contributed by atoms with Crippen molar-refractivity contribution < 1.29 is 0 Å². The van der Waals surface area contributed by atoms with Crippen LogP contribution < -0.4 is 25.6 Å². The summed E-state index contributed by atoms with van der Waals surface area (Å²) in [5.74, 6) is 0. The lowest BCUT2D eigenvalue weighted by Gasteiger charge is -2.45. The summed E-state index contributed by atoms with van der Waals surface area (Å²) in [6.45, 7) is 0. The maximum Gasteiger partial charge on any atom is 0.184 e. The lowest BCUT2D eigenvalue weighted by molar-refractivity contribution is 1.29. The van der Waals surface area contributed by atoms with Crippen molar-refractivity contribution in [1.29, 1.82) is 0 Å². The summed E-state index contributed by atoms with van der Waals surface area (Å²) in [6.07, 6.45) is 0. The number of rotatable bonds is 4. The SMILES string of the molecule is c1ccc([Si]2(c3ccccc3)c3ccccc3N(c3ccc(-c4cccc5c4sc4ccccc45)cc3)c3ccccc32)cc1. The average molecular weight is 608 g/mol. The molecule has 0 N–H and O–H groups in total. The van der Waals surface area contributed by atoms with Crippen molar-refractivity contribution in [3.8, 4) is 11.1 Å². The molecule has 3 heteroatoms. The number of hydrogen-bond donors (Lipinski definition) is 0. The normalized spacial score (nSPS) is 13.5.